The smallest absolute Gasteiger partial charge is 0.268 e. The molecule has 8 nitrogen and oxygen atoms in total. The summed E-state index contributed by atoms with van der Waals surface area (Å²) >= 11 is 0. The van der Waals surface area contributed by atoms with Crippen molar-refractivity contribution in [3.05, 3.63) is 72.9 Å². The van der Waals surface area contributed by atoms with Gasteiger partial charge in [0.2, 0.25) is 5.91 Å². The van der Waals surface area contributed by atoms with Gasteiger partial charge in [-0.15, -0.1) is 0 Å². The van der Waals surface area contributed by atoms with Crippen LogP contribution in [0.15, 0.2) is 72.9 Å². The minimum atomic E-state index is -4.62. The van der Waals surface area contributed by atoms with E-state index in [1.807, 2.05) is 39.4 Å². The van der Waals surface area contributed by atoms with Gasteiger partial charge in [0.05, 0.1) is 39.9 Å². The highest BCUT2D eigenvalue weighted by atomic mass is 31.2. The van der Waals surface area contributed by atoms with Gasteiger partial charge in [-0.1, -0.05) is 177 Å². The highest BCUT2D eigenvalue weighted by Crippen LogP contribution is 2.38. The summed E-state index contributed by atoms with van der Waals surface area (Å²) in [4.78, 5) is 25.2. The van der Waals surface area contributed by atoms with Crippen molar-refractivity contribution in [2.45, 2.75) is 180 Å². The molecule has 0 aromatic rings. The number of aliphatic hydroxyl groups excluding tert-OH is 1. The third kappa shape index (κ3) is 40.1. The molecule has 0 heterocycles. The largest absolute Gasteiger partial charge is 0.756 e. The average Bonchev–Trinajstić information content (AvgIpc) is 3.15. The maximum absolute atomic E-state index is 12.8. The Morgan fingerprint density at radius 3 is 1.64 bits per heavy atom. The van der Waals surface area contributed by atoms with Crippen LogP contribution in [0.2, 0.25) is 0 Å². The first-order valence-electron chi connectivity index (χ1n) is 22.3. The average molecular weight is 805 g/mol. The van der Waals surface area contributed by atoms with Gasteiger partial charge in [0, 0.05) is 6.42 Å². The summed E-state index contributed by atoms with van der Waals surface area (Å²) in [6.45, 7) is 4.43. The van der Waals surface area contributed by atoms with E-state index in [0.717, 1.165) is 44.9 Å². The molecular weight excluding hydrogens is 719 g/mol. The van der Waals surface area contributed by atoms with Gasteiger partial charge in [0.1, 0.15) is 13.2 Å². The number of allylic oxidation sites excluding steroid dienone is 11. The number of carbonyl (C=O) groups is 1. The molecule has 0 aliphatic rings. The van der Waals surface area contributed by atoms with Crippen LogP contribution in [0.4, 0.5) is 0 Å². The molecule has 0 aromatic carbocycles. The molecule has 324 valence electrons. The number of hydrogen-bond acceptors (Lipinski definition) is 6. The minimum Gasteiger partial charge on any atom is -0.756 e. The molecule has 0 aliphatic carbocycles. The molecule has 0 saturated heterocycles. The molecule has 0 fully saturated rings. The molecule has 0 bridgehead atoms. The Kier molecular flexibility index (Phi) is 37.0. The summed E-state index contributed by atoms with van der Waals surface area (Å²) in [5.41, 5.74) is 0. The summed E-state index contributed by atoms with van der Waals surface area (Å²) in [6.07, 6.45) is 51.2. The fourth-order valence-electron chi connectivity index (χ4n) is 5.88. The lowest BCUT2D eigenvalue weighted by molar-refractivity contribution is -0.870. The Labute approximate surface area is 344 Å². The predicted octanol–water partition coefficient (Wildman–Crippen LogP) is 11.8. The molecule has 1 amide bonds. The van der Waals surface area contributed by atoms with E-state index >= 15 is 0 Å². The first-order chi connectivity index (χ1) is 27.0. The molecule has 0 radical (unpaired) electrons. The fourth-order valence-corrected chi connectivity index (χ4v) is 6.61. The van der Waals surface area contributed by atoms with Crippen LogP contribution < -0.4 is 10.2 Å². The number of likely N-dealkylation sites (N-methyl/N-ethyl adjacent to an activating group) is 1. The molecule has 9 heteroatoms. The van der Waals surface area contributed by atoms with E-state index in [1.54, 1.807) is 6.08 Å². The van der Waals surface area contributed by atoms with E-state index in [9.17, 15) is 19.4 Å². The maximum Gasteiger partial charge on any atom is 0.268 e. The zero-order valence-corrected chi connectivity index (χ0v) is 37.5. The number of hydrogen-bond donors (Lipinski definition) is 2. The normalized spacial score (nSPS) is 15.1. The second kappa shape index (κ2) is 38.5. The van der Waals surface area contributed by atoms with Crippen molar-refractivity contribution in [2.75, 3.05) is 40.9 Å². The molecule has 2 N–H and O–H groups in total. The monoisotopic (exact) mass is 805 g/mol. The van der Waals surface area contributed by atoms with Crippen molar-refractivity contribution in [1.29, 1.82) is 0 Å². The van der Waals surface area contributed by atoms with E-state index in [1.165, 1.54) is 96.3 Å². The van der Waals surface area contributed by atoms with E-state index in [-0.39, 0.29) is 18.9 Å². The van der Waals surface area contributed by atoms with Gasteiger partial charge in [0.25, 0.3) is 7.82 Å². The number of nitrogens with zero attached hydrogens (tertiary/aromatic N) is 1. The van der Waals surface area contributed by atoms with Crippen molar-refractivity contribution in [1.82, 2.24) is 5.32 Å². The van der Waals surface area contributed by atoms with Crippen LogP contribution in [-0.2, 0) is 18.4 Å². The lowest BCUT2D eigenvalue weighted by atomic mass is 10.0. The molecule has 0 aliphatic heterocycles. The lowest BCUT2D eigenvalue weighted by Gasteiger charge is -2.29. The van der Waals surface area contributed by atoms with E-state index in [0.29, 0.717) is 17.4 Å². The number of aliphatic hydroxyl groups is 1. The van der Waals surface area contributed by atoms with Gasteiger partial charge in [0.15, 0.2) is 0 Å². The van der Waals surface area contributed by atoms with Crippen molar-refractivity contribution < 1.29 is 32.9 Å². The first kappa shape index (κ1) is 53.9. The Morgan fingerprint density at radius 1 is 0.643 bits per heavy atom. The second-order valence-electron chi connectivity index (χ2n) is 16.0. The Hall–Kier alpha value is -2.06. The van der Waals surface area contributed by atoms with E-state index in [4.69, 9.17) is 9.05 Å². The van der Waals surface area contributed by atoms with E-state index < -0.39 is 26.6 Å². The van der Waals surface area contributed by atoms with Gasteiger partial charge >= 0.3 is 0 Å². The number of rotatable bonds is 39. The molecule has 0 spiro atoms. The van der Waals surface area contributed by atoms with Crippen molar-refractivity contribution in [2.24, 2.45) is 0 Å². The fraction of sp³-hybridized carbons (Fsp3) is 0.723. The number of phosphoric ester groups is 1. The van der Waals surface area contributed by atoms with Gasteiger partial charge in [-0.3, -0.25) is 9.36 Å². The number of unbranched alkanes of at least 4 members (excludes halogenated alkanes) is 16. The van der Waals surface area contributed by atoms with Crippen molar-refractivity contribution in [3.63, 3.8) is 0 Å². The second-order valence-corrected chi connectivity index (χ2v) is 17.4. The van der Waals surface area contributed by atoms with Crippen molar-refractivity contribution in [3.8, 4) is 0 Å². The van der Waals surface area contributed by atoms with E-state index in [2.05, 4.69) is 67.8 Å². The highest BCUT2D eigenvalue weighted by Gasteiger charge is 2.23. The predicted molar refractivity (Wildman–Crippen MR) is 237 cm³/mol. The maximum atomic E-state index is 12.8. The zero-order chi connectivity index (χ0) is 41.4. The summed E-state index contributed by atoms with van der Waals surface area (Å²) in [6, 6.07) is -0.943. The van der Waals surface area contributed by atoms with Crippen LogP contribution in [0.5, 0.6) is 0 Å². The molecule has 3 atom stereocenters. The third-order valence-corrected chi connectivity index (χ3v) is 10.4. The van der Waals surface area contributed by atoms with Crippen LogP contribution in [0.3, 0.4) is 0 Å². The number of quaternary nitrogens is 1. The quantitative estimate of drug-likeness (QED) is 0.0277. The van der Waals surface area contributed by atoms with Crippen LogP contribution in [0, 0.1) is 0 Å². The molecule has 0 aromatic heterocycles. The molecule has 0 rings (SSSR count). The Morgan fingerprint density at radius 2 is 1.11 bits per heavy atom. The summed E-state index contributed by atoms with van der Waals surface area (Å²) in [5.74, 6) is -0.290. The molecule has 56 heavy (non-hydrogen) atoms. The lowest BCUT2D eigenvalue weighted by Crippen LogP contribution is -2.45. The molecular formula is C47H85N2O6P. The van der Waals surface area contributed by atoms with Gasteiger partial charge < -0.3 is 28.8 Å². The third-order valence-electron chi connectivity index (χ3n) is 9.41. The van der Waals surface area contributed by atoms with Crippen LogP contribution >= 0.6 is 7.82 Å². The molecule has 3 unspecified atom stereocenters. The number of nitrogens with one attached hydrogen (secondary N) is 1. The van der Waals surface area contributed by atoms with Crippen LogP contribution in [0.25, 0.3) is 0 Å². The SMILES string of the molecule is CC/C=C\C/C=C\C/C=C\C/C=C\CCC(=O)NC(COP(=O)([O-])OCC[N+](C)(C)C)C(O)/C=C/CC/C=C/CCCCCCCCCCCCCCCCC. The number of carbonyl (C=O) groups excluding carboxylic acids is 1. The summed E-state index contributed by atoms with van der Waals surface area (Å²) in [5, 5.41) is 13.7. The Bertz CT molecular complexity index is 1140. The van der Waals surface area contributed by atoms with Crippen molar-refractivity contribution >= 4 is 13.7 Å². The number of phosphoric acid groups is 1. The zero-order valence-electron chi connectivity index (χ0n) is 36.6. The summed E-state index contributed by atoms with van der Waals surface area (Å²) < 4.78 is 23.1. The first-order valence-corrected chi connectivity index (χ1v) is 23.8. The number of amides is 1. The van der Waals surface area contributed by atoms with Gasteiger partial charge in [-0.2, -0.15) is 0 Å². The molecule has 0 saturated carbocycles. The standard InChI is InChI=1S/C47H85N2O6P/c1-6-8-10-12-14-16-18-20-21-22-23-24-25-26-27-29-30-32-34-36-38-40-46(50)45(44-55-56(52,53)54-43-42-49(3,4)5)48-47(51)41-39-37-35-33-31-28-19-17-15-13-11-9-7-2/h9,11,15,17,28,30-32,35,37-38,40,45-46,50H,6-8,10,12-14,16,18-27,29,33-34,36,39,41-44H2,1-5H3,(H-,48,51,52,53)/b11-9-,17-15-,31-28-,32-30+,37-35-,40-38+. The van der Waals surface area contributed by atoms with Gasteiger partial charge in [-0.25, -0.2) is 0 Å². The van der Waals surface area contributed by atoms with Crippen LogP contribution in [-0.4, -0.2) is 68.5 Å². The summed E-state index contributed by atoms with van der Waals surface area (Å²) in [7, 11) is 1.19. The minimum absolute atomic E-state index is 0.0222. The highest BCUT2D eigenvalue weighted by molar-refractivity contribution is 7.45. The van der Waals surface area contributed by atoms with Gasteiger partial charge in [-0.05, 0) is 57.8 Å². The van der Waals surface area contributed by atoms with Crippen LogP contribution in [0.1, 0.15) is 168 Å². The topological polar surface area (TPSA) is 108 Å². The Balaban J connectivity index is 4.52.